The fraction of sp³-hybridized carbons (Fsp3) is 0.444. The molecule has 1 aliphatic carbocycles. The molecule has 2 aromatic rings. The molecule has 134 valence electrons. The van der Waals surface area contributed by atoms with Crippen LogP contribution in [-0.2, 0) is 6.18 Å². The van der Waals surface area contributed by atoms with Crippen LogP contribution in [0.2, 0.25) is 5.02 Å². The van der Waals surface area contributed by atoms with E-state index < -0.39 is 17.6 Å². The predicted molar refractivity (Wildman–Crippen MR) is 90.6 cm³/mol. The molecule has 7 heteroatoms. The number of aromatic nitrogens is 1. The van der Waals surface area contributed by atoms with Crippen molar-refractivity contribution in [2.45, 2.75) is 44.8 Å². The first-order valence-corrected chi connectivity index (χ1v) is 8.60. The van der Waals surface area contributed by atoms with Gasteiger partial charge in [-0.3, -0.25) is 9.78 Å². The topological polar surface area (TPSA) is 42.0 Å². The van der Waals surface area contributed by atoms with Crippen LogP contribution in [0, 0.1) is 5.92 Å². The number of amides is 1. The number of carbonyl (C=O) groups is 1. The van der Waals surface area contributed by atoms with Gasteiger partial charge < -0.3 is 5.32 Å². The zero-order chi connectivity index (χ0) is 18.2. The number of halogens is 4. The van der Waals surface area contributed by atoms with Gasteiger partial charge in [0.25, 0.3) is 5.91 Å². The van der Waals surface area contributed by atoms with Crippen molar-refractivity contribution in [2.75, 3.05) is 0 Å². The molecule has 1 fully saturated rings. The van der Waals surface area contributed by atoms with E-state index in [4.69, 9.17) is 11.6 Å². The van der Waals surface area contributed by atoms with Crippen LogP contribution in [0.5, 0.6) is 0 Å². The molecule has 1 aliphatic rings. The van der Waals surface area contributed by atoms with E-state index in [9.17, 15) is 18.0 Å². The largest absolute Gasteiger partial charge is 0.418 e. The fourth-order valence-electron chi connectivity index (χ4n) is 3.25. The number of rotatable bonds is 2. The Morgan fingerprint density at radius 1 is 1.24 bits per heavy atom. The normalized spacial score (nSPS) is 21.3. The average molecular weight is 371 g/mol. The Morgan fingerprint density at radius 3 is 2.56 bits per heavy atom. The van der Waals surface area contributed by atoms with Crippen molar-refractivity contribution in [3.8, 4) is 0 Å². The highest BCUT2D eigenvalue weighted by Gasteiger charge is 2.34. The fourth-order valence-corrected chi connectivity index (χ4v) is 3.53. The number of alkyl halides is 3. The van der Waals surface area contributed by atoms with Gasteiger partial charge in [-0.15, -0.1) is 0 Å². The van der Waals surface area contributed by atoms with Gasteiger partial charge in [-0.25, -0.2) is 0 Å². The second-order valence-corrected chi connectivity index (χ2v) is 6.99. The highest BCUT2D eigenvalue weighted by Crippen LogP contribution is 2.36. The summed E-state index contributed by atoms with van der Waals surface area (Å²) in [7, 11) is 0. The van der Waals surface area contributed by atoms with Crippen molar-refractivity contribution in [2.24, 2.45) is 5.92 Å². The second kappa shape index (κ2) is 6.83. The van der Waals surface area contributed by atoms with E-state index in [-0.39, 0.29) is 27.5 Å². The van der Waals surface area contributed by atoms with E-state index in [0.717, 1.165) is 37.9 Å². The molecular formula is C18H18ClF3N2O. The average Bonchev–Trinajstić information content (AvgIpc) is 2.56. The summed E-state index contributed by atoms with van der Waals surface area (Å²) in [6, 6.07) is 3.73. The lowest BCUT2D eigenvalue weighted by atomic mass is 9.87. The summed E-state index contributed by atoms with van der Waals surface area (Å²) < 4.78 is 39.3. The molecule has 1 N–H and O–H groups in total. The molecule has 0 atom stereocenters. The minimum Gasteiger partial charge on any atom is -0.349 e. The Hall–Kier alpha value is -1.82. The van der Waals surface area contributed by atoms with E-state index in [1.165, 1.54) is 12.1 Å². The summed E-state index contributed by atoms with van der Waals surface area (Å²) in [5.41, 5.74) is -1.00. The van der Waals surface area contributed by atoms with Gasteiger partial charge >= 0.3 is 6.18 Å². The predicted octanol–water partition coefficient (Wildman–Crippen LogP) is 5.22. The minimum absolute atomic E-state index is 0.00206. The molecule has 1 aromatic carbocycles. The van der Waals surface area contributed by atoms with Gasteiger partial charge in [0.05, 0.1) is 21.7 Å². The maximum atomic E-state index is 13.1. The molecule has 0 saturated heterocycles. The van der Waals surface area contributed by atoms with Crippen LogP contribution in [-0.4, -0.2) is 16.9 Å². The number of hydrogen-bond donors (Lipinski definition) is 1. The van der Waals surface area contributed by atoms with E-state index in [2.05, 4.69) is 17.2 Å². The Balaban J connectivity index is 1.90. The van der Waals surface area contributed by atoms with Crippen LogP contribution in [0.3, 0.4) is 0 Å². The monoisotopic (exact) mass is 370 g/mol. The summed E-state index contributed by atoms with van der Waals surface area (Å²) in [5, 5.41) is 3.04. The van der Waals surface area contributed by atoms with Crippen molar-refractivity contribution in [1.82, 2.24) is 10.3 Å². The summed E-state index contributed by atoms with van der Waals surface area (Å²) in [6.45, 7) is 2.18. The van der Waals surface area contributed by atoms with Gasteiger partial charge in [0, 0.05) is 17.6 Å². The van der Waals surface area contributed by atoms with Crippen molar-refractivity contribution in [3.63, 3.8) is 0 Å². The molecule has 1 heterocycles. The molecule has 0 aliphatic heterocycles. The zero-order valence-electron chi connectivity index (χ0n) is 13.7. The van der Waals surface area contributed by atoms with Gasteiger partial charge in [0.15, 0.2) is 0 Å². The number of carbonyl (C=O) groups excluding carboxylic acids is 1. The molecule has 0 spiro atoms. The smallest absolute Gasteiger partial charge is 0.349 e. The number of fused-ring (bicyclic) bond motifs is 1. The Bertz CT molecular complexity index is 799. The lowest BCUT2D eigenvalue weighted by molar-refractivity contribution is -0.136. The van der Waals surface area contributed by atoms with Crippen LogP contribution in [0.15, 0.2) is 24.4 Å². The highest BCUT2D eigenvalue weighted by atomic mass is 35.5. The Labute approximate surface area is 148 Å². The SMILES string of the molecule is C[C@H]1CC[C@H](NC(=O)c2cnc3c(C(F)(F)F)cccc3c2Cl)CC1. The summed E-state index contributed by atoms with van der Waals surface area (Å²) in [4.78, 5) is 16.4. The molecule has 0 radical (unpaired) electrons. The Kier molecular flexibility index (Phi) is 4.91. The number of nitrogens with zero attached hydrogens (tertiary/aromatic N) is 1. The number of para-hydroxylation sites is 1. The first-order valence-electron chi connectivity index (χ1n) is 8.22. The van der Waals surface area contributed by atoms with Crippen molar-refractivity contribution in [1.29, 1.82) is 0 Å². The molecule has 1 saturated carbocycles. The van der Waals surface area contributed by atoms with Crippen LogP contribution in [0.1, 0.15) is 48.5 Å². The molecule has 0 unspecified atom stereocenters. The first kappa shape index (κ1) is 18.0. The summed E-state index contributed by atoms with van der Waals surface area (Å²) >= 11 is 6.23. The summed E-state index contributed by atoms with van der Waals surface area (Å²) in [5.74, 6) is 0.260. The van der Waals surface area contributed by atoms with Crippen molar-refractivity contribution < 1.29 is 18.0 Å². The number of benzene rings is 1. The molecule has 0 bridgehead atoms. The number of nitrogens with one attached hydrogen (secondary N) is 1. The van der Waals surface area contributed by atoms with Crippen LogP contribution < -0.4 is 5.32 Å². The number of hydrogen-bond acceptors (Lipinski definition) is 2. The van der Waals surface area contributed by atoms with Crippen LogP contribution in [0.4, 0.5) is 13.2 Å². The second-order valence-electron chi connectivity index (χ2n) is 6.62. The van der Waals surface area contributed by atoms with Crippen LogP contribution in [0.25, 0.3) is 10.9 Å². The third kappa shape index (κ3) is 3.73. The highest BCUT2D eigenvalue weighted by molar-refractivity contribution is 6.38. The van der Waals surface area contributed by atoms with Gasteiger partial charge in [0.2, 0.25) is 0 Å². The van der Waals surface area contributed by atoms with E-state index >= 15 is 0 Å². The molecule has 3 rings (SSSR count). The third-order valence-corrected chi connectivity index (χ3v) is 5.14. The molecule has 1 amide bonds. The van der Waals surface area contributed by atoms with Gasteiger partial charge in [-0.1, -0.05) is 30.7 Å². The standard InChI is InChI=1S/C18H18ClF3N2O/c1-10-5-7-11(8-6-10)24-17(25)13-9-23-16-12(15(13)19)3-2-4-14(16)18(20,21)22/h2-4,9-11H,5-8H2,1H3,(H,24,25)/t10-,11-. The third-order valence-electron chi connectivity index (χ3n) is 4.73. The van der Waals surface area contributed by atoms with Crippen molar-refractivity contribution >= 4 is 28.4 Å². The Morgan fingerprint density at radius 2 is 1.92 bits per heavy atom. The maximum Gasteiger partial charge on any atom is 0.418 e. The van der Waals surface area contributed by atoms with E-state index in [1.54, 1.807) is 0 Å². The lowest BCUT2D eigenvalue weighted by Gasteiger charge is -2.27. The van der Waals surface area contributed by atoms with Gasteiger partial charge in [-0.05, 0) is 37.7 Å². The van der Waals surface area contributed by atoms with E-state index in [0.29, 0.717) is 5.92 Å². The van der Waals surface area contributed by atoms with Crippen LogP contribution >= 0.6 is 11.6 Å². The summed E-state index contributed by atoms with van der Waals surface area (Å²) in [6.07, 6.45) is 0.472. The molecular weight excluding hydrogens is 353 g/mol. The maximum absolute atomic E-state index is 13.1. The molecule has 25 heavy (non-hydrogen) atoms. The quantitative estimate of drug-likeness (QED) is 0.787. The lowest BCUT2D eigenvalue weighted by Crippen LogP contribution is -2.37. The van der Waals surface area contributed by atoms with Gasteiger partial charge in [-0.2, -0.15) is 13.2 Å². The zero-order valence-corrected chi connectivity index (χ0v) is 14.4. The first-order chi connectivity index (χ1) is 11.8. The molecule has 3 nitrogen and oxygen atoms in total. The molecule has 1 aromatic heterocycles. The van der Waals surface area contributed by atoms with Gasteiger partial charge in [0.1, 0.15) is 0 Å². The van der Waals surface area contributed by atoms with Crippen molar-refractivity contribution in [3.05, 3.63) is 40.5 Å². The van der Waals surface area contributed by atoms with E-state index in [1.807, 2.05) is 0 Å². The minimum atomic E-state index is -4.53. The number of pyridine rings is 1.